The fourth-order valence-electron chi connectivity index (χ4n) is 4.75. The van der Waals surface area contributed by atoms with Crippen LogP contribution in [-0.2, 0) is 23.9 Å². The number of imidazole rings is 1. The number of ketones is 1. The number of nitrogens with zero attached hydrogens (tertiary/aromatic N) is 2. The molecule has 0 aliphatic rings. The number of phenolic OH excluding ortho intramolecular Hbond substituents is 1. The Hall–Kier alpha value is -3.65. The fourth-order valence-corrected chi connectivity index (χ4v) is 4.75. The monoisotopic (exact) mass is 592 g/mol. The number of halogens is 1. The SMILES string of the molecule is Br.CC(C)(C)c1cc(C(=O)Cn2c(=N)n(Cc3ccccc3)c3ccc(C(N)=O)cc32)cc(C(C)(C)C)c1O. The highest BCUT2D eigenvalue weighted by Crippen LogP contribution is 2.40. The number of aromatic nitrogens is 2. The Bertz CT molecular complexity index is 1570. The van der Waals surface area contributed by atoms with E-state index >= 15 is 0 Å². The molecule has 1 aromatic heterocycles. The first-order valence-corrected chi connectivity index (χ1v) is 12.7. The molecule has 0 saturated carbocycles. The highest BCUT2D eigenvalue weighted by atomic mass is 79.9. The summed E-state index contributed by atoms with van der Waals surface area (Å²) in [6.07, 6.45) is 0. The van der Waals surface area contributed by atoms with Gasteiger partial charge in [-0.05, 0) is 46.7 Å². The molecule has 0 saturated heterocycles. The van der Waals surface area contributed by atoms with Crippen LogP contribution < -0.4 is 11.4 Å². The number of Topliss-reactive ketones (excluding diaryl/α,β-unsaturated/α-hetero) is 1. The number of primary amides is 1. The van der Waals surface area contributed by atoms with Gasteiger partial charge in [-0.25, -0.2) is 0 Å². The Kier molecular flexibility index (Phi) is 8.32. The largest absolute Gasteiger partial charge is 0.507 e. The zero-order valence-corrected chi connectivity index (χ0v) is 25.0. The number of amides is 1. The molecule has 0 bridgehead atoms. The summed E-state index contributed by atoms with van der Waals surface area (Å²) in [7, 11) is 0. The lowest BCUT2D eigenvalue weighted by molar-refractivity contribution is 0.0969. The van der Waals surface area contributed by atoms with Crippen molar-refractivity contribution in [1.82, 2.24) is 9.13 Å². The first-order valence-electron chi connectivity index (χ1n) is 12.7. The smallest absolute Gasteiger partial charge is 0.248 e. The van der Waals surface area contributed by atoms with Gasteiger partial charge in [0.25, 0.3) is 0 Å². The van der Waals surface area contributed by atoms with Crippen molar-refractivity contribution in [2.45, 2.75) is 65.5 Å². The molecule has 7 nitrogen and oxygen atoms in total. The van der Waals surface area contributed by atoms with Gasteiger partial charge in [0, 0.05) is 22.3 Å². The van der Waals surface area contributed by atoms with Crippen molar-refractivity contribution in [3.8, 4) is 5.75 Å². The van der Waals surface area contributed by atoms with Gasteiger partial charge in [0.05, 0.1) is 24.1 Å². The van der Waals surface area contributed by atoms with E-state index in [9.17, 15) is 14.7 Å². The summed E-state index contributed by atoms with van der Waals surface area (Å²) in [5, 5.41) is 20.1. The molecule has 0 radical (unpaired) electrons. The van der Waals surface area contributed by atoms with Crippen LogP contribution in [0.1, 0.15) is 78.9 Å². The van der Waals surface area contributed by atoms with Crippen LogP contribution in [0, 0.1) is 5.41 Å². The van der Waals surface area contributed by atoms with E-state index in [1.165, 1.54) is 0 Å². The molecule has 0 spiro atoms. The van der Waals surface area contributed by atoms with Crippen LogP contribution in [-0.4, -0.2) is 25.9 Å². The minimum absolute atomic E-state index is 0. The van der Waals surface area contributed by atoms with Crippen LogP contribution in [0.3, 0.4) is 0 Å². The summed E-state index contributed by atoms with van der Waals surface area (Å²) in [6, 6.07) is 18.4. The third kappa shape index (κ3) is 6.01. The van der Waals surface area contributed by atoms with Gasteiger partial charge in [-0.3, -0.25) is 15.0 Å². The molecule has 3 aromatic carbocycles. The van der Waals surface area contributed by atoms with E-state index < -0.39 is 5.91 Å². The summed E-state index contributed by atoms with van der Waals surface area (Å²) in [5.74, 6) is -0.557. The fraction of sp³-hybridized carbons (Fsp3) is 0.323. The van der Waals surface area contributed by atoms with Crippen molar-refractivity contribution in [1.29, 1.82) is 5.41 Å². The second kappa shape index (κ2) is 10.8. The molecule has 4 N–H and O–H groups in total. The minimum atomic E-state index is -0.574. The molecule has 1 heterocycles. The number of rotatable bonds is 6. The van der Waals surface area contributed by atoms with Crippen LogP contribution in [0.4, 0.5) is 0 Å². The van der Waals surface area contributed by atoms with E-state index in [1.54, 1.807) is 34.9 Å². The summed E-state index contributed by atoms with van der Waals surface area (Å²) >= 11 is 0. The number of nitrogens with one attached hydrogen (secondary N) is 1. The van der Waals surface area contributed by atoms with Gasteiger partial charge < -0.3 is 20.0 Å². The third-order valence-electron chi connectivity index (χ3n) is 6.89. The number of carbonyl (C=O) groups is 2. The number of aromatic hydroxyl groups is 1. The first kappa shape index (κ1) is 29.9. The molecule has 206 valence electrons. The molecule has 4 aromatic rings. The van der Waals surface area contributed by atoms with Crippen LogP contribution in [0.5, 0.6) is 5.75 Å². The van der Waals surface area contributed by atoms with Gasteiger partial charge in [0.15, 0.2) is 5.78 Å². The molecule has 0 aliphatic heterocycles. The average Bonchev–Trinajstić information content (AvgIpc) is 3.08. The summed E-state index contributed by atoms with van der Waals surface area (Å²) < 4.78 is 3.44. The predicted molar refractivity (Wildman–Crippen MR) is 160 cm³/mol. The number of hydrogen-bond acceptors (Lipinski definition) is 4. The van der Waals surface area contributed by atoms with E-state index in [4.69, 9.17) is 11.1 Å². The minimum Gasteiger partial charge on any atom is -0.507 e. The average molecular weight is 594 g/mol. The number of phenols is 1. The third-order valence-corrected chi connectivity index (χ3v) is 6.89. The Morgan fingerprint density at radius 1 is 0.821 bits per heavy atom. The van der Waals surface area contributed by atoms with Crippen LogP contribution in [0.25, 0.3) is 11.0 Å². The van der Waals surface area contributed by atoms with Crippen LogP contribution in [0.15, 0.2) is 60.7 Å². The topological polar surface area (TPSA) is 114 Å². The van der Waals surface area contributed by atoms with Gasteiger partial charge in [-0.1, -0.05) is 71.9 Å². The Labute approximate surface area is 239 Å². The molecule has 0 atom stereocenters. The van der Waals surface area contributed by atoms with Gasteiger partial charge >= 0.3 is 0 Å². The van der Waals surface area contributed by atoms with Gasteiger partial charge in [-0.2, -0.15) is 0 Å². The van der Waals surface area contributed by atoms with Crippen molar-refractivity contribution in [3.63, 3.8) is 0 Å². The highest BCUT2D eigenvalue weighted by molar-refractivity contribution is 8.93. The van der Waals surface area contributed by atoms with Gasteiger partial charge in [0.2, 0.25) is 11.5 Å². The number of carbonyl (C=O) groups excluding carboxylic acids is 2. The Morgan fingerprint density at radius 2 is 1.38 bits per heavy atom. The maximum atomic E-state index is 13.8. The van der Waals surface area contributed by atoms with Gasteiger partial charge in [-0.15, -0.1) is 17.0 Å². The van der Waals surface area contributed by atoms with E-state index in [1.807, 2.05) is 76.4 Å². The van der Waals surface area contributed by atoms with Crippen LogP contribution in [0.2, 0.25) is 0 Å². The highest BCUT2D eigenvalue weighted by Gasteiger charge is 2.28. The molecule has 0 unspecified atom stereocenters. The maximum Gasteiger partial charge on any atom is 0.248 e. The zero-order chi connectivity index (χ0) is 28.0. The maximum absolute atomic E-state index is 13.8. The summed E-state index contributed by atoms with van der Waals surface area (Å²) in [6.45, 7) is 12.4. The molecule has 39 heavy (non-hydrogen) atoms. The van der Waals surface area contributed by atoms with E-state index in [2.05, 4.69) is 0 Å². The number of fused-ring (bicyclic) bond motifs is 1. The molecule has 1 amide bonds. The molecular formula is C31H37BrN4O3. The van der Waals surface area contributed by atoms with E-state index in [0.29, 0.717) is 34.3 Å². The first-order chi connectivity index (χ1) is 17.7. The van der Waals surface area contributed by atoms with Gasteiger partial charge in [0.1, 0.15) is 5.75 Å². The zero-order valence-electron chi connectivity index (χ0n) is 23.3. The van der Waals surface area contributed by atoms with Crippen molar-refractivity contribution in [2.24, 2.45) is 5.73 Å². The lowest BCUT2D eigenvalue weighted by atomic mass is 9.78. The van der Waals surface area contributed by atoms with Crippen LogP contribution >= 0.6 is 17.0 Å². The molecule has 0 aliphatic carbocycles. The van der Waals surface area contributed by atoms with E-state index in [0.717, 1.165) is 11.1 Å². The Morgan fingerprint density at radius 3 is 1.90 bits per heavy atom. The predicted octanol–water partition coefficient (Wildman–Crippen LogP) is 5.83. The second-order valence-corrected chi connectivity index (χ2v) is 11.9. The Balaban J connectivity index is 0.00000420. The van der Waals surface area contributed by atoms with E-state index in [-0.39, 0.29) is 51.5 Å². The van der Waals surface area contributed by atoms with Crippen molar-refractivity contribution < 1.29 is 14.7 Å². The summed E-state index contributed by atoms with van der Waals surface area (Å²) in [4.78, 5) is 25.7. The lowest BCUT2D eigenvalue weighted by Gasteiger charge is -2.28. The number of nitrogens with two attached hydrogens (primary N) is 1. The van der Waals surface area contributed by atoms with Crippen molar-refractivity contribution >= 4 is 39.7 Å². The molecule has 0 fully saturated rings. The molecule has 8 heteroatoms. The van der Waals surface area contributed by atoms with Crippen molar-refractivity contribution in [2.75, 3.05) is 0 Å². The second-order valence-electron chi connectivity index (χ2n) is 11.9. The normalized spacial score (nSPS) is 11.8. The standard InChI is InChI=1S/C31H36N4O3.BrH/c1-30(2,3)22-14-21(15-23(27(22)37)31(4,5)6)26(36)18-35-25-16-20(28(32)38)12-13-24(25)34(29(35)33)17-19-10-8-7-9-11-19;/h7-16,33,37H,17-18H2,1-6H3,(H2,32,38);1H. The molecule has 4 rings (SSSR count). The van der Waals surface area contributed by atoms with Crippen molar-refractivity contribution in [3.05, 3.63) is 94.1 Å². The molecular weight excluding hydrogens is 556 g/mol. The quantitative estimate of drug-likeness (QED) is 0.245. The number of benzene rings is 3. The summed E-state index contributed by atoms with van der Waals surface area (Å²) in [5.41, 5.74) is 9.45. The lowest BCUT2D eigenvalue weighted by Crippen LogP contribution is -2.28. The number of hydrogen-bond donors (Lipinski definition) is 3.